The van der Waals surface area contributed by atoms with Crippen molar-refractivity contribution in [2.24, 2.45) is 5.41 Å². The van der Waals surface area contributed by atoms with Crippen LogP contribution in [0.2, 0.25) is 0 Å². The number of H-pyrrole nitrogens is 1. The Labute approximate surface area is 200 Å². The number of benzene rings is 1. The van der Waals surface area contributed by atoms with Gasteiger partial charge in [0.15, 0.2) is 12.3 Å². The Morgan fingerprint density at radius 3 is 2.76 bits per heavy atom. The number of nitrogens with zero attached hydrogens (tertiary/aromatic N) is 2. The van der Waals surface area contributed by atoms with Crippen LogP contribution in [-0.4, -0.2) is 53.2 Å². The van der Waals surface area contributed by atoms with Gasteiger partial charge in [-0.1, -0.05) is 36.8 Å². The number of hydrogen-bond acceptors (Lipinski definition) is 4. The predicted octanol–water partition coefficient (Wildman–Crippen LogP) is 3.60. The van der Waals surface area contributed by atoms with Crippen LogP contribution in [0.5, 0.6) is 5.75 Å². The summed E-state index contributed by atoms with van der Waals surface area (Å²) in [5.74, 6) is 0.712. The largest absolute Gasteiger partial charge is 0.483 e. The first kappa shape index (κ1) is 22.7. The standard InChI is InChI=1S/C27H34N4O3/c32-24-18-34-23-12-5-4-8-20(23)9-6-7-13-27(19-28-24)14-16-31(17-15-27)26(33)25-21-10-2-1-3-11-22(21)29-30-25/h4-8,12H,1-3,9-11,13-19H2,(H,28,32)(H,29,30)/b7-6+. The molecule has 1 aromatic heterocycles. The molecule has 1 aromatic carbocycles. The van der Waals surface area contributed by atoms with Crippen molar-refractivity contribution in [1.29, 1.82) is 0 Å². The van der Waals surface area contributed by atoms with Gasteiger partial charge in [-0.05, 0) is 68.4 Å². The lowest BCUT2D eigenvalue weighted by atomic mass is 9.75. The summed E-state index contributed by atoms with van der Waals surface area (Å²) < 4.78 is 5.78. The van der Waals surface area contributed by atoms with E-state index in [0.717, 1.165) is 73.9 Å². The maximum absolute atomic E-state index is 13.3. The summed E-state index contributed by atoms with van der Waals surface area (Å²) in [6, 6.07) is 7.87. The first-order chi connectivity index (χ1) is 16.6. The van der Waals surface area contributed by atoms with E-state index >= 15 is 0 Å². The number of amides is 2. The molecule has 2 N–H and O–H groups in total. The van der Waals surface area contributed by atoms with Gasteiger partial charge in [0.25, 0.3) is 11.8 Å². The molecule has 2 aromatic rings. The van der Waals surface area contributed by atoms with E-state index in [1.54, 1.807) is 0 Å². The van der Waals surface area contributed by atoms with Gasteiger partial charge in [-0.25, -0.2) is 0 Å². The molecule has 1 fully saturated rings. The summed E-state index contributed by atoms with van der Waals surface area (Å²) >= 11 is 0. The van der Waals surface area contributed by atoms with Crippen LogP contribution in [0.4, 0.5) is 0 Å². The van der Waals surface area contributed by atoms with Gasteiger partial charge in [0.2, 0.25) is 0 Å². The Morgan fingerprint density at radius 1 is 1.06 bits per heavy atom. The molecule has 0 atom stereocenters. The number of fused-ring (bicyclic) bond motifs is 2. The Kier molecular flexibility index (Phi) is 6.70. The van der Waals surface area contributed by atoms with Gasteiger partial charge >= 0.3 is 0 Å². The minimum atomic E-state index is -0.101. The summed E-state index contributed by atoms with van der Waals surface area (Å²) in [5.41, 5.74) is 3.93. The molecule has 1 spiro atoms. The van der Waals surface area contributed by atoms with Gasteiger partial charge in [-0.15, -0.1) is 0 Å². The Bertz CT molecular complexity index is 1070. The van der Waals surface area contributed by atoms with Crippen molar-refractivity contribution in [3.63, 3.8) is 0 Å². The number of likely N-dealkylation sites (tertiary alicyclic amines) is 1. The van der Waals surface area contributed by atoms with Crippen molar-refractivity contribution in [3.8, 4) is 5.75 Å². The van der Waals surface area contributed by atoms with E-state index in [4.69, 9.17) is 4.74 Å². The third-order valence-corrected chi connectivity index (χ3v) is 7.67. The average molecular weight is 463 g/mol. The minimum absolute atomic E-state index is 0.0195. The summed E-state index contributed by atoms with van der Waals surface area (Å²) in [6.07, 6.45) is 13.2. The van der Waals surface area contributed by atoms with Crippen LogP contribution in [0.15, 0.2) is 36.4 Å². The molecular weight excluding hydrogens is 428 g/mol. The number of allylic oxidation sites excluding steroid dienone is 2. The predicted molar refractivity (Wildman–Crippen MR) is 130 cm³/mol. The molecule has 2 amide bonds. The second kappa shape index (κ2) is 10.0. The summed E-state index contributed by atoms with van der Waals surface area (Å²) in [6.45, 7) is 1.99. The molecule has 5 rings (SSSR count). The van der Waals surface area contributed by atoms with Gasteiger partial charge < -0.3 is 15.0 Å². The fourth-order valence-corrected chi connectivity index (χ4v) is 5.46. The molecule has 0 bridgehead atoms. The van der Waals surface area contributed by atoms with E-state index in [2.05, 4.69) is 27.7 Å². The Morgan fingerprint density at radius 2 is 1.88 bits per heavy atom. The number of aryl methyl sites for hydroxylation is 1. The summed E-state index contributed by atoms with van der Waals surface area (Å²) in [5, 5.41) is 10.6. The highest BCUT2D eigenvalue weighted by molar-refractivity contribution is 5.94. The lowest BCUT2D eigenvalue weighted by Crippen LogP contribution is -2.48. The van der Waals surface area contributed by atoms with Crippen LogP contribution in [0, 0.1) is 5.41 Å². The van der Waals surface area contributed by atoms with Crippen molar-refractivity contribution in [2.45, 2.75) is 57.8 Å². The molecule has 0 radical (unpaired) electrons. The topological polar surface area (TPSA) is 87.3 Å². The molecular formula is C27H34N4O3. The zero-order chi connectivity index (χ0) is 23.4. The van der Waals surface area contributed by atoms with Crippen molar-refractivity contribution in [3.05, 3.63) is 58.9 Å². The van der Waals surface area contributed by atoms with E-state index in [1.807, 2.05) is 29.2 Å². The highest BCUT2D eigenvalue weighted by Gasteiger charge is 2.37. The maximum Gasteiger partial charge on any atom is 0.274 e. The Balaban J connectivity index is 1.27. The molecule has 7 heteroatoms. The maximum atomic E-state index is 13.3. The highest BCUT2D eigenvalue weighted by atomic mass is 16.5. The van der Waals surface area contributed by atoms with Gasteiger partial charge in [0, 0.05) is 30.9 Å². The van der Waals surface area contributed by atoms with E-state index in [-0.39, 0.29) is 23.8 Å². The van der Waals surface area contributed by atoms with Crippen molar-refractivity contribution in [2.75, 3.05) is 26.2 Å². The smallest absolute Gasteiger partial charge is 0.274 e. The summed E-state index contributed by atoms with van der Waals surface area (Å²) in [4.78, 5) is 27.8. The first-order valence-electron chi connectivity index (χ1n) is 12.6. The third-order valence-electron chi connectivity index (χ3n) is 7.67. The van der Waals surface area contributed by atoms with Crippen LogP contribution < -0.4 is 10.1 Å². The van der Waals surface area contributed by atoms with Crippen LogP contribution in [0.25, 0.3) is 0 Å². The number of para-hydroxylation sites is 1. The van der Waals surface area contributed by atoms with E-state index in [9.17, 15) is 9.59 Å². The van der Waals surface area contributed by atoms with Crippen LogP contribution in [0.3, 0.4) is 0 Å². The molecule has 0 unspecified atom stereocenters. The van der Waals surface area contributed by atoms with Gasteiger partial charge in [-0.2, -0.15) is 5.10 Å². The molecule has 3 heterocycles. The highest BCUT2D eigenvalue weighted by Crippen LogP contribution is 2.36. The molecule has 1 saturated heterocycles. The molecule has 2 aliphatic heterocycles. The third kappa shape index (κ3) is 4.88. The number of rotatable bonds is 1. The Hall–Kier alpha value is -3.09. The summed E-state index contributed by atoms with van der Waals surface area (Å²) in [7, 11) is 0. The monoisotopic (exact) mass is 462 g/mol. The molecule has 7 nitrogen and oxygen atoms in total. The number of aromatic amines is 1. The number of piperidine rings is 1. The lowest BCUT2D eigenvalue weighted by molar-refractivity contribution is -0.123. The average Bonchev–Trinajstić information content (AvgIpc) is 3.12. The normalized spacial score (nSPS) is 21.6. The minimum Gasteiger partial charge on any atom is -0.483 e. The zero-order valence-corrected chi connectivity index (χ0v) is 19.8. The van der Waals surface area contributed by atoms with E-state index < -0.39 is 0 Å². The number of hydrogen-bond donors (Lipinski definition) is 2. The number of carbonyl (C=O) groups excluding carboxylic acids is 2. The second-order valence-electron chi connectivity index (χ2n) is 9.93. The number of nitrogens with one attached hydrogen (secondary N) is 2. The lowest BCUT2D eigenvalue weighted by Gasteiger charge is -2.41. The van der Waals surface area contributed by atoms with Crippen LogP contribution in [-0.2, 0) is 24.1 Å². The molecule has 34 heavy (non-hydrogen) atoms. The fraction of sp³-hybridized carbons (Fsp3) is 0.519. The quantitative estimate of drug-likeness (QED) is 0.501. The SMILES string of the molecule is O=C1COc2ccccc2C/C=C/CC2(CCN(C(=O)c3n[nH]c4c3CCCCC4)CC2)CN1. The van der Waals surface area contributed by atoms with Crippen LogP contribution in [0.1, 0.15) is 65.8 Å². The van der Waals surface area contributed by atoms with Gasteiger partial charge in [0.05, 0.1) is 0 Å². The number of carbonyl (C=O) groups is 2. The zero-order valence-electron chi connectivity index (χ0n) is 19.8. The van der Waals surface area contributed by atoms with Crippen molar-refractivity contribution < 1.29 is 14.3 Å². The van der Waals surface area contributed by atoms with Gasteiger partial charge in [-0.3, -0.25) is 14.7 Å². The van der Waals surface area contributed by atoms with Crippen molar-refractivity contribution >= 4 is 11.8 Å². The van der Waals surface area contributed by atoms with Crippen molar-refractivity contribution in [1.82, 2.24) is 20.4 Å². The van der Waals surface area contributed by atoms with E-state index in [0.29, 0.717) is 25.3 Å². The first-order valence-corrected chi connectivity index (χ1v) is 12.6. The number of ether oxygens (including phenoxy) is 1. The van der Waals surface area contributed by atoms with Gasteiger partial charge in [0.1, 0.15) is 5.75 Å². The molecule has 1 aliphatic carbocycles. The van der Waals surface area contributed by atoms with Crippen LogP contribution >= 0.6 is 0 Å². The molecule has 0 saturated carbocycles. The van der Waals surface area contributed by atoms with E-state index in [1.165, 1.54) is 6.42 Å². The second-order valence-corrected chi connectivity index (χ2v) is 9.93. The molecule has 3 aliphatic rings. The molecule has 180 valence electrons. The number of aromatic nitrogens is 2. The fourth-order valence-electron chi connectivity index (χ4n) is 5.46.